The molecule has 2 heterocycles. The summed E-state index contributed by atoms with van der Waals surface area (Å²) in [4.78, 5) is 2.21. The standard InChI is InChI=1S/C21H25N3O3S2/c1-14-4-7-20-17(12-14)15(2)21(28-20)29(25,26)23-16-5-6-19(27-3)18(13-16)24-10-8-22-9-11-24/h4-7,12-13,22-23H,8-11H2,1-3H3. The Labute approximate surface area is 175 Å². The summed E-state index contributed by atoms with van der Waals surface area (Å²) >= 11 is 1.30. The lowest BCUT2D eigenvalue weighted by molar-refractivity contribution is 0.413. The minimum Gasteiger partial charge on any atom is -0.495 e. The minimum absolute atomic E-state index is 0.359. The molecular weight excluding hydrogens is 406 g/mol. The maximum atomic E-state index is 13.2. The van der Waals surface area contributed by atoms with Crippen molar-refractivity contribution in [1.29, 1.82) is 0 Å². The van der Waals surface area contributed by atoms with E-state index in [1.165, 1.54) is 11.3 Å². The van der Waals surface area contributed by atoms with Gasteiger partial charge >= 0.3 is 0 Å². The van der Waals surface area contributed by atoms with Gasteiger partial charge in [-0.05, 0) is 49.1 Å². The van der Waals surface area contributed by atoms with E-state index in [9.17, 15) is 8.42 Å². The molecule has 1 aliphatic rings. The summed E-state index contributed by atoms with van der Waals surface area (Å²) in [6.07, 6.45) is 0. The second-order valence-electron chi connectivity index (χ2n) is 7.24. The van der Waals surface area contributed by atoms with Crippen LogP contribution in [0.2, 0.25) is 0 Å². The molecule has 0 bridgehead atoms. The van der Waals surface area contributed by atoms with E-state index in [2.05, 4.69) is 14.9 Å². The van der Waals surface area contributed by atoms with Crippen LogP contribution < -0.4 is 19.7 Å². The van der Waals surface area contributed by atoms with Gasteiger partial charge in [0.25, 0.3) is 10.0 Å². The van der Waals surface area contributed by atoms with Crippen LogP contribution >= 0.6 is 11.3 Å². The number of methoxy groups -OCH3 is 1. The van der Waals surface area contributed by atoms with Crippen molar-refractivity contribution in [3.8, 4) is 5.75 Å². The van der Waals surface area contributed by atoms with Crippen molar-refractivity contribution in [2.24, 2.45) is 0 Å². The Hall–Kier alpha value is -2.29. The number of hydrogen-bond donors (Lipinski definition) is 2. The van der Waals surface area contributed by atoms with Crippen LogP contribution in [0.4, 0.5) is 11.4 Å². The smallest absolute Gasteiger partial charge is 0.271 e. The predicted molar refractivity (Wildman–Crippen MR) is 120 cm³/mol. The molecule has 0 atom stereocenters. The highest BCUT2D eigenvalue weighted by Crippen LogP contribution is 2.37. The van der Waals surface area contributed by atoms with Gasteiger partial charge in [0.15, 0.2) is 0 Å². The van der Waals surface area contributed by atoms with Gasteiger partial charge in [0.1, 0.15) is 9.96 Å². The van der Waals surface area contributed by atoms with Gasteiger partial charge in [-0.15, -0.1) is 11.3 Å². The monoisotopic (exact) mass is 431 g/mol. The van der Waals surface area contributed by atoms with Crippen molar-refractivity contribution in [1.82, 2.24) is 5.32 Å². The van der Waals surface area contributed by atoms with Crippen LogP contribution in [0.25, 0.3) is 10.1 Å². The number of thiophene rings is 1. The quantitative estimate of drug-likeness (QED) is 0.644. The summed E-state index contributed by atoms with van der Waals surface area (Å²) in [6, 6.07) is 11.4. The Morgan fingerprint density at radius 1 is 1.10 bits per heavy atom. The van der Waals surface area contributed by atoms with Crippen LogP contribution in [-0.4, -0.2) is 41.7 Å². The van der Waals surface area contributed by atoms with E-state index < -0.39 is 10.0 Å². The third-order valence-electron chi connectivity index (χ3n) is 5.18. The molecule has 1 saturated heterocycles. The average molecular weight is 432 g/mol. The van der Waals surface area contributed by atoms with Crippen LogP contribution in [0.1, 0.15) is 11.1 Å². The van der Waals surface area contributed by atoms with E-state index in [-0.39, 0.29) is 0 Å². The first-order valence-corrected chi connectivity index (χ1v) is 11.9. The molecule has 8 heteroatoms. The maximum Gasteiger partial charge on any atom is 0.271 e. The fourth-order valence-corrected chi connectivity index (χ4v) is 6.47. The molecule has 1 aliphatic heterocycles. The van der Waals surface area contributed by atoms with E-state index in [1.807, 2.05) is 44.2 Å². The molecule has 1 fully saturated rings. The fourth-order valence-electron chi connectivity index (χ4n) is 3.68. The summed E-state index contributed by atoms with van der Waals surface area (Å²) in [5.41, 5.74) is 3.34. The van der Waals surface area contributed by atoms with Crippen molar-refractivity contribution >= 4 is 42.8 Å². The first-order chi connectivity index (χ1) is 13.9. The van der Waals surface area contributed by atoms with Crippen molar-refractivity contribution in [3.63, 3.8) is 0 Å². The lowest BCUT2D eigenvalue weighted by Gasteiger charge is -2.31. The van der Waals surface area contributed by atoms with Gasteiger partial charge in [-0.1, -0.05) is 17.7 Å². The zero-order valence-corrected chi connectivity index (χ0v) is 18.4. The van der Waals surface area contributed by atoms with Crippen molar-refractivity contribution < 1.29 is 13.2 Å². The second kappa shape index (κ2) is 7.85. The third kappa shape index (κ3) is 3.92. The van der Waals surface area contributed by atoms with Crippen molar-refractivity contribution in [2.75, 3.05) is 42.9 Å². The Morgan fingerprint density at radius 3 is 2.59 bits per heavy atom. The number of ether oxygens (including phenoxy) is 1. The topological polar surface area (TPSA) is 70.7 Å². The lowest BCUT2D eigenvalue weighted by Crippen LogP contribution is -2.43. The first kappa shape index (κ1) is 20.0. The predicted octanol–water partition coefficient (Wildman–Crippen LogP) is 3.74. The number of rotatable bonds is 5. The van der Waals surface area contributed by atoms with Gasteiger partial charge in [-0.2, -0.15) is 0 Å². The molecule has 2 N–H and O–H groups in total. The number of anilines is 2. The van der Waals surface area contributed by atoms with E-state index in [4.69, 9.17) is 4.74 Å². The molecule has 4 rings (SSSR count). The van der Waals surface area contributed by atoms with Gasteiger partial charge < -0.3 is 15.0 Å². The Morgan fingerprint density at radius 2 is 1.86 bits per heavy atom. The highest BCUT2D eigenvalue weighted by atomic mass is 32.2. The number of fused-ring (bicyclic) bond motifs is 1. The highest BCUT2D eigenvalue weighted by molar-refractivity contribution is 7.94. The van der Waals surface area contributed by atoms with Crippen LogP contribution in [0.5, 0.6) is 5.75 Å². The van der Waals surface area contributed by atoms with Gasteiger partial charge in [-0.3, -0.25) is 4.72 Å². The molecule has 0 radical (unpaired) electrons. The molecule has 1 aromatic heterocycles. The van der Waals surface area contributed by atoms with Crippen LogP contribution in [0, 0.1) is 13.8 Å². The molecule has 0 spiro atoms. The van der Waals surface area contributed by atoms with Gasteiger partial charge in [-0.25, -0.2) is 8.42 Å². The number of piperazine rings is 1. The summed E-state index contributed by atoms with van der Waals surface area (Å²) in [5, 5.41) is 4.32. The van der Waals surface area contributed by atoms with E-state index in [0.717, 1.165) is 58.8 Å². The summed E-state index contributed by atoms with van der Waals surface area (Å²) in [5.74, 6) is 0.739. The van der Waals surface area contributed by atoms with E-state index in [1.54, 1.807) is 13.2 Å². The molecule has 0 saturated carbocycles. The molecule has 154 valence electrons. The number of nitrogens with one attached hydrogen (secondary N) is 2. The summed E-state index contributed by atoms with van der Waals surface area (Å²) < 4.78 is 35.9. The maximum absolute atomic E-state index is 13.2. The summed E-state index contributed by atoms with van der Waals surface area (Å²) in [7, 11) is -2.06. The second-order valence-corrected chi connectivity index (χ2v) is 10.2. The van der Waals surface area contributed by atoms with E-state index in [0.29, 0.717) is 9.90 Å². The zero-order valence-electron chi connectivity index (χ0n) is 16.8. The number of aryl methyl sites for hydroxylation is 2. The Balaban J connectivity index is 1.69. The molecule has 6 nitrogen and oxygen atoms in total. The number of sulfonamides is 1. The normalized spacial score (nSPS) is 14.9. The Bertz CT molecular complexity index is 1150. The molecule has 2 aromatic carbocycles. The van der Waals surface area contributed by atoms with E-state index >= 15 is 0 Å². The van der Waals surface area contributed by atoms with Gasteiger partial charge in [0, 0.05) is 30.9 Å². The van der Waals surface area contributed by atoms with Crippen LogP contribution in [0.3, 0.4) is 0 Å². The zero-order chi connectivity index (χ0) is 20.6. The van der Waals surface area contributed by atoms with Crippen molar-refractivity contribution in [2.45, 2.75) is 18.1 Å². The van der Waals surface area contributed by atoms with Gasteiger partial charge in [0.05, 0.1) is 18.5 Å². The molecule has 0 unspecified atom stereocenters. The lowest BCUT2D eigenvalue weighted by atomic mass is 10.1. The molecule has 29 heavy (non-hydrogen) atoms. The van der Waals surface area contributed by atoms with Gasteiger partial charge in [0.2, 0.25) is 0 Å². The first-order valence-electron chi connectivity index (χ1n) is 9.55. The molecular formula is C21H25N3O3S2. The van der Waals surface area contributed by atoms with Crippen LogP contribution in [-0.2, 0) is 10.0 Å². The molecule has 0 amide bonds. The third-order valence-corrected chi connectivity index (χ3v) is 8.46. The Kier molecular flexibility index (Phi) is 5.42. The number of nitrogens with zero attached hydrogens (tertiary/aromatic N) is 1. The minimum atomic E-state index is -3.69. The van der Waals surface area contributed by atoms with Crippen LogP contribution in [0.15, 0.2) is 40.6 Å². The highest BCUT2D eigenvalue weighted by Gasteiger charge is 2.23. The SMILES string of the molecule is COc1ccc(NS(=O)(=O)c2sc3ccc(C)cc3c2C)cc1N1CCNCC1. The molecule has 0 aliphatic carbocycles. The summed E-state index contributed by atoms with van der Waals surface area (Å²) in [6.45, 7) is 7.35. The number of hydrogen-bond acceptors (Lipinski definition) is 6. The number of benzene rings is 2. The molecule has 3 aromatic rings. The largest absolute Gasteiger partial charge is 0.495 e. The average Bonchev–Trinajstić information content (AvgIpc) is 3.05. The fraction of sp³-hybridized carbons (Fsp3) is 0.333. The van der Waals surface area contributed by atoms with Crippen molar-refractivity contribution in [3.05, 3.63) is 47.5 Å².